The summed E-state index contributed by atoms with van der Waals surface area (Å²) >= 11 is 0. The Bertz CT molecular complexity index is 763. The minimum absolute atomic E-state index is 0.180. The molecule has 25 heavy (non-hydrogen) atoms. The number of anilines is 1. The lowest BCUT2D eigenvalue weighted by molar-refractivity contribution is 0.0241. The van der Waals surface area contributed by atoms with Crippen LogP contribution in [0.15, 0.2) is 41.5 Å². The summed E-state index contributed by atoms with van der Waals surface area (Å²) in [6.45, 7) is 7.20. The quantitative estimate of drug-likeness (QED) is 0.792. The molecule has 7 heteroatoms. The first-order valence-electron chi connectivity index (χ1n) is 8.84. The molecule has 4 rings (SSSR count). The smallest absolute Gasteiger partial charge is 0.347 e. The van der Waals surface area contributed by atoms with E-state index in [9.17, 15) is 4.79 Å². The van der Waals surface area contributed by atoms with Crippen LogP contribution in [0.2, 0.25) is 0 Å². The van der Waals surface area contributed by atoms with Crippen molar-refractivity contribution in [1.29, 1.82) is 0 Å². The molecule has 2 fully saturated rings. The number of pyridine rings is 1. The molecule has 2 aromatic rings. The van der Waals surface area contributed by atoms with Gasteiger partial charge in [0.1, 0.15) is 5.82 Å². The van der Waals surface area contributed by atoms with Crippen molar-refractivity contribution in [2.75, 3.05) is 44.2 Å². The molecule has 0 aliphatic carbocycles. The maximum atomic E-state index is 11.6. The Hall–Kier alpha value is -2.25. The van der Waals surface area contributed by atoms with Crippen LogP contribution in [-0.4, -0.2) is 69.6 Å². The van der Waals surface area contributed by atoms with Gasteiger partial charge in [0.05, 0.1) is 0 Å². The van der Waals surface area contributed by atoms with Gasteiger partial charge in [-0.2, -0.15) is 0 Å². The zero-order valence-corrected chi connectivity index (χ0v) is 14.6. The summed E-state index contributed by atoms with van der Waals surface area (Å²) in [4.78, 5) is 27.2. The van der Waals surface area contributed by atoms with Gasteiger partial charge in [0.2, 0.25) is 0 Å². The first-order valence-corrected chi connectivity index (χ1v) is 8.84. The molecule has 0 radical (unpaired) electrons. The van der Waals surface area contributed by atoms with Crippen molar-refractivity contribution < 1.29 is 0 Å². The second-order valence-corrected chi connectivity index (χ2v) is 6.84. The molecule has 0 spiro atoms. The van der Waals surface area contributed by atoms with Crippen molar-refractivity contribution in [3.8, 4) is 0 Å². The summed E-state index contributed by atoms with van der Waals surface area (Å²) in [6, 6.07) is 8.65. The summed E-state index contributed by atoms with van der Waals surface area (Å²) in [6.07, 6.45) is 3.46. The highest BCUT2D eigenvalue weighted by Gasteiger charge is 2.33. The summed E-state index contributed by atoms with van der Waals surface area (Å²) in [5, 5.41) is 0. The Labute approximate surface area is 147 Å². The van der Waals surface area contributed by atoms with Crippen LogP contribution in [0, 0.1) is 0 Å². The lowest BCUT2D eigenvalue weighted by atomic mass is 10.1. The van der Waals surface area contributed by atoms with Gasteiger partial charge in [0.15, 0.2) is 0 Å². The van der Waals surface area contributed by atoms with E-state index in [1.807, 2.05) is 24.4 Å². The van der Waals surface area contributed by atoms with Crippen LogP contribution in [0.25, 0.3) is 0 Å². The monoisotopic (exact) mass is 340 g/mol. The molecule has 0 N–H and O–H groups in total. The summed E-state index contributed by atoms with van der Waals surface area (Å²) in [5.41, 5.74) is 0.846. The van der Waals surface area contributed by atoms with Crippen molar-refractivity contribution in [3.05, 3.63) is 52.8 Å². The molecule has 0 aromatic carbocycles. The van der Waals surface area contributed by atoms with Gasteiger partial charge in [-0.25, -0.2) is 14.8 Å². The minimum Gasteiger partial charge on any atom is -0.354 e. The van der Waals surface area contributed by atoms with Crippen molar-refractivity contribution in [2.45, 2.75) is 12.6 Å². The fourth-order valence-corrected chi connectivity index (χ4v) is 3.66. The van der Waals surface area contributed by atoms with Crippen molar-refractivity contribution in [2.24, 2.45) is 7.05 Å². The van der Waals surface area contributed by atoms with Gasteiger partial charge in [-0.05, 0) is 18.2 Å². The van der Waals surface area contributed by atoms with E-state index in [4.69, 9.17) is 0 Å². The van der Waals surface area contributed by atoms with E-state index in [0.29, 0.717) is 6.04 Å². The maximum absolute atomic E-state index is 11.6. The number of rotatable bonds is 4. The second kappa shape index (κ2) is 6.93. The van der Waals surface area contributed by atoms with E-state index < -0.39 is 0 Å². The Kier molecular flexibility index (Phi) is 4.50. The van der Waals surface area contributed by atoms with Gasteiger partial charge in [0, 0.05) is 77.0 Å². The molecule has 2 saturated heterocycles. The molecule has 132 valence electrons. The number of piperazine rings is 1. The van der Waals surface area contributed by atoms with Crippen LogP contribution >= 0.6 is 0 Å². The van der Waals surface area contributed by atoms with Crippen LogP contribution in [-0.2, 0) is 13.6 Å². The maximum Gasteiger partial charge on any atom is 0.347 e. The van der Waals surface area contributed by atoms with E-state index in [-0.39, 0.29) is 5.69 Å². The molecule has 4 heterocycles. The molecular formula is C18H24N6O. The Morgan fingerprint density at radius 2 is 1.84 bits per heavy atom. The topological polar surface area (TPSA) is 57.5 Å². The highest BCUT2D eigenvalue weighted by Crippen LogP contribution is 2.20. The average molecular weight is 340 g/mol. The third-order valence-electron chi connectivity index (χ3n) is 5.30. The number of hydrogen-bond donors (Lipinski definition) is 0. The van der Waals surface area contributed by atoms with E-state index in [2.05, 4.69) is 30.7 Å². The zero-order chi connectivity index (χ0) is 17.2. The third-order valence-corrected chi connectivity index (χ3v) is 5.30. The fourth-order valence-electron chi connectivity index (χ4n) is 3.66. The lowest BCUT2D eigenvalue weighted by Crippen LogP contribution is -2.62. The van der Waals surface area contributed by atoms with Crippen molar-refractivity contribution >= 4 is 5.82 Å². The van der Waals surface area contributed by atoms with Crippen molar-refractivity contribution in [3.63, 3.8) is 0 Å². The van der Waals surface area contributed by atoms with Crippen LogP contribution < -0.4 is 10.6 Å². The van der Waals surface area contributed by atoms with Crippen LogP contribution in [0.4, 0.5) is 5.82 Å². The van der Waals surface area contributed by atoms with E-state index >= 15 is 0 Å². The number of nitrogens with zero attached hydrogens (tertiary/aromatic N) is 6. The first-order chi connectivity index (χ1) is 12.2. The van der Waals surface area contributed by atoms with Crippen LogP contribution in [0.3, 0.4) is 0 Å². The standard InChI is InChI=1S/C18H24N6O/c1-21-15(5-7-20-18(21)25)12-22-13-16(14-22)23-8-10-24(11-9-23)17-4-2-3-6-19-17/h2-7,16H,8-14H2,1H3. The molecule has 0 bridgehead atoms. The molecule has 2 aliphatic heterocycles. The van der Waals surface area contributed by atoms with Gasteiger partial charge < -0.3 is 4.90 Å². The van der Waals surface area contributed by atoms with E-state index in [0.717, 1.165) is 57.3 Å². The molecule has 0 amide bonds. The summed E-state index contributed by atoms with van der Waals surface area (Å²) in [7, 11) is 1.79. The van der Waals surface area contributed by atoms with Gasteiger partial charge in [-0.1, -0.05) is 6.07 Å². The summed E-state index contributed by atoms with van der Waals surface area (Å²) in [5.74, 6) is 1.08. The molecule has 0 saturated carbocycles. The predicted octanol–water partition coefficient (Wildman–Crippen LogP) is 0.182. The number of likely N-dealkylation sites (tertiary alicyclic amines) is 1. The third kappa shape index (κ3) is 3.43. The Morgan fingerprint density at radius 1 is 1.04 bits per heavy atom. The first kappa shape index (κ1) is 16.2. The molecular weight excluding hydrogens is 316 g/mol. The Balaban J connectivity index is 1.26. The van der Waals surface area contributed by atoms with Gasteiger partial charge in [0.25, 0.3) is 0 Å². The highest BCUT2D eigenvalue weighted by molar-refractivity contribution is 5.38. The SMILES string of the molecule is Cn1c(CN2CC(N3CCN(c4ccccn4)CC3)C2)ccnc1=O. The number of aromatic nitrogens is 3. The molecule has 0 atom stereocenters. The Morgan fingerprint density at radius 3 is 2.56 bits per heavy atom. The van der Waals surface area contributed by atoms with Crippen LogP contribution in [0.1, 0.15) is 5.69 Å². The average Bonchev–Trinajstić information content (AvgIpc) is 2.62. The zero-order valence-electron chi connectivity index (χ0n) is 14.6. The van der Waals surface area contributed by atoms with Crippen LogP contribution in [0.5, 0.6) is 0 Å². The van der Waals surface area contributed by atoms with Gasteiger partial charge >= 0.3 is 5.69 Å². The molecule has 2 aliphatic rings. The largest absolute Gasteiger partial charge is 0.354 e. The second-order valence-electron chi connectivity index (χ2n) is 6.84. The van der Waals surface area contributed by atoms with Gasteiger partial charge in [-0.3, -0.25) is 14.4 Å². The predicted molar refractivity (Wildman–Crippen MR) is 96.6 cm³/mol. The minimum atomic E-state index is -0.180. The van der Waals surface area contributed by atoms with E-state index in [1.165, 1.54) is 0 Å². The number of hydrogen-bond acceptors (Lipinski definition) is 6. The lowest BCUT2D eigenvalue weighted by Gasteiger charge is -2.48. The highest BCUT2D eigenvalue weighted by atomic mass is 16.1. The fraction of sp³-hybridized carbons (Fsp3) is 0.500. The summed E-state index contributed by atoms with van der Waals surface area (Å²) < 4.78 is 1.64. The molecule has 0 unspecified atom stereocenters. The normalized spacial score (nSPS) is 19.8. The van der Waals surface area contributed by atoms with E-state index in [1.54, 1.807) is 17.8 Å². The molecule has 7 nitrogen and oxygen atoms in total. The van der Waals surface area contributed by atoms with Gasteiger partial charge in [-0.15, -0.1) is 0 Å². The molecule has 2 aromatic heterocycles. The van der Waals surface area contributed by atoms with Crippen molar-refractivity contribution in [1.82, 2.24) is 24.3 Å².